The summed E-state index contributed by atoms with van der Waals surface area (Å²) < 4.78 is 0. The molecule has 5 heteroatoms. The zero-order valence-corrected chi connectivity index (χ0v) is 11.8. The Morgan fingerprint density at radius 1 is 1.44 bits per heavy atom. The highest BCUT2D eigenvalue weighted by molar-refractivity contribution is 6.34. The Labute approximate surface area is 113 Å². The molecule has 0 unspecified atom stereocenters. The minimum absolute atomic E-state index is 0.137. The lowest BCUT2D eigenvalue weighted by molar-refractivity contribution is -0.114. The van der Waals surface area contributed by atoms with Gasteiger partial charge in [-0.05, 0) is 38.5 Å². The van der Waals surface area contributed by atoms with E-state index < -0.39 is 0 Å². The fraction of sp³-hybridized carbons (Fsp3) is 0.462. The van der Waals surface area contributed by atoms with Gasteiger partial charge in [0.05, 0.1) is 10.7 Å². The summed E-state index contributed by atoms with van der Waals surface area (Å²) in [6, 6.07) is 5.44. The quantitative estimate of drug-likeness (QED) is 0.770. The minimum Gasteiger partial charge on any atom is -0.385 e. The predicted octanol–water partition coefficient (Wildman–Crippen LogP) is 2.84. The van der Waals surface area contributed by atoms with Gasteiger partial charge in [-0.3, -0.25) is 4.79 Å². The molecular formula is C13H20ClN3O. The monoisotopic (exact) mass is 269 g/mol. The highest BCUT2D eigenvalue weighted by Crippen LogP contribution is 2.25. The molecule has 0 aliphatic rings. The Balaban J connectivity index is 2.59. The molecule has 1 aromatic carbocycles. The molecule has 0 aliphatic heterocycles. The Morgan fingerprint density at radius 3 is 2.61 bits per heavy atom. The fourth-order valence-corrected chi connectivity index (χ4v) is 1.67. The van der Waals surface area contributed by atoms with Gasteiger partial charge in [-0.15, -0.1) is 0 Å². The third kappa shape index (κ3) is 5.38. The Hall–Kier alpha value is -1.26. The second-order valence-electron chi connectivity index (χ2n) is 5.04. The molecule has 0 radical (unpaired) electrons. The van der Waals surface area contributed by atoms with Crippen molar-refractivity contribution in [2.75, 3.05) is 17.2 Å². The molecule has 0 heterocycles. The van der Waals surface area contributed by atoms with Crippen molar-refractivity contribution >= 4 is 28.9 Å². The van der Waals surface area contributed by atoms with E-state index in [2.05, 4.69) is 10.6 Å². The van der Waals surface area contributed by atoms with Crippen LogP contribution in [0.2, 0.25) is 5.02 Å². The molecule has 4 N–H and O–H groups in total. The Kier molecular flexibility index (Phi) is 4.99. The standard InChI is InChI=1S/C13H20ClN3O/c1-9(18)17-12-5-4-10(8-11(12)14)16-7-6-13(2,3)15/h4-5,8,16H,6-7,15H2,1-3H3,(H,17,18). The van der Waals surface area contributed by atoms with Crippen LogP contribution in [0.4, 0.5) is 11.4 Å². The molecule has 1 rings (SSSR count). The van der Waals surface area contributed by atoms with Gasteiger partial charge in [0.1, 0.15) is 0 Å². The van der Waals surface area contributed by atoms with E-state index in [4.69, 9.17) is 17.3 Å². The highest BCUT2D eigenvalue weighted by Gasteiger charge is 2.09. The summed E-state index contributed by atoms with van der Waals surface area (Å²) in [7, 11) is 0. The Bertz CT molecular complexity index is 427. The maximum Gasteiger partial charge on any atom is 0.221 e. The van der Waals surface area contributed by atoms with Crippen molar-refractivity contribution in [1.29, 1.82) is 0 Å². The highest BCUT2D eigenvalue weighted by atomic mass is 35.5. The maximum atomic E-state index is 10.9. The number of hydrogen-bond donors (Lipinski definition) is 3. The normalized spacial score (nSPS) is 11.2. The topological polar surface area (TPSA) is 67.2 Å². The van der Waals surface area contributed by atoms with Gasteiger partial charge >= 0.3 is 0 Å². The van der Waals surface area contributed by atoms with Crippen molar-refractivity contribution in [3.05, 3.63) is 23.2 Å². The van der Waals surface area contributed by atoms with Gasteiger partial charge in [-0.2, -0.15) is 0 Å². The van der Waals surface area contributed by atoms with Crippen molar-refractivity contribution in [1.82, 2.24) is 0 Å². The molecule has 0 aromatic heterocycles. The van der Waals surface area contributed by atoms with Crippen LogP contribution >= 0.6 is 11.6 Å². The van der Waals surface area contributed by atoms with Gasteiger partial charge in [0, 0.05) is 24.7 Å². The van der Waals surface area contributed by atoms with Gasteiger partial charge in [-0.25, -0.2) is 0 Å². The predicted molar refractivity (Wildman–Crippen MR) is 77.1 cm³/mol. The fourth-order valence-electron chi connectivity index (χ4n) is 1.45. The van der Waals surface area contributed by atoms with Gasteiger partial charge in [-0.1, -0.05) is 11.6 Å². The largest absolute Gasteiger partial charge is 0.385 e. The van der Waals surface area contributed by atoms with Gasteiger partial charge in [0.15, 0.2) is 0 Å². The lowest BCUT2D eigenvalue weighted by Crippen LogP contribution is -2.34. The Morgan fingerprint density at radius 2 is 2.11 bits per heavy atom. The number of benzene rings is 1. The number of halogens is 1. The van der Waals surface area contributed by atoms with Gasteiger partial charge in [0.2, 0.25) is 5.91 Å². The number of rotatable bonds is 5. The SMILES string of the molecule is CC(=O)Nc1ccc(NCCC(C)(C)N)cc1Cl. The summed E-state index contributed by atoms with van der Waals surface area (Å²) in [6.07, 6.45) is 0.859. The van der Waals surface area contributed by atoms with E-state index >= 15 is 0 Å². The minimum atomic E-state index is -0.188. The average molecular weight is 270 g/mol. The van der Waals surface area contributed by atoms with Crippen LogP contribution in [-0.2, 0) is 4.79 Å². The number of nitrogens with two attached hydrogens (primary N) is 1. The number of nitrogens with one attached hydrogen (secondary N) is 2. The van der Waals surface area contributed by atoms with Crippen LogP contribution in [0.5, 0.6) is 0 Å². The number of anilines is 2. The van der Waals surface area contributed by atoms with E-state index in [1.54, 1.807) is 12.1 Å². The number of carbonyl (C=O) groups is 1. The van der Waals surface area contributed by atoms with Crippen LogP contribution in [0.1, 0.15) is 27.2 Å². The van der Waals surface area contributed by atoms with E-state index in [0.29, 0.717) is 10.7 Å². The van der Waals surface area contributed by atoms with Crippen molar-refractivity contribution in [3.63, 3.8) is 0 Å². The van der Waals surface area contributed by atoms with E-state index in [1.807, 2.05) is 19.9 Å². The van der Waals surface area contributed by atoms with E-state index in [9.17, 15) is 4.79 Å². The van der Waals surface area contributed by atoms with Crippen LogP contribution in [0, 0.1) is 0 Å². The van der Waals surface area contributed by atoms with E-state index in [1.165, 1.54) is 6.92 Å². The molecule has 0 aliphatic carbocycles. The summed E-state index contributed by atoms with van der Waals surface area (Å²) >= 11 is 6.06. The molecule has 4 nitrogen and oxygen atoms in total. The average Bonchev–Trinajstić information content (AvgIpc) is 2.19. The number of amides is 1. The second-order valence-corrected chi connectivity index (χ2v) is 5.45. The van der Waals surface area contributed by atoms with Crippen molar-refractivity contribution in [2.45, 2.75) is 32.7 Å². The molecular weight excluding hydrogens is 250 g/mol. The molecule has 18 heavy (non-hydrogen) atoms. The second kappa shape index (κ2) is 6.07. The lowest BCUT2D eigenvalue weighted by atomic mass is 10.0. The van der Waals surface area contributed by atoms with Crippen molar-refractivity contribution in [2.24, 2.45) is 5.73 Å². The molecule has 1 amide bonds. The molecule has 1 aromatic rings. The van der Waals surface area contributed by atoms with Crippen molar-refractivity contribution < 1.29 is 4.79 Å². The van der Waals surface area contributed by atoms with Gasteiger partial charge < -0.3 is 16.4 Å². The van der Waals surface area contributed by atoms with Gasteiger partial charge in [0.25, 0.3) is 0 Å². The first-order valence-electron chi connectivity index (χ1n) is 5.88. The summed E-state index contributed by atoms with van der Waals surface area (Å²) in [5.74, 6) is -0.137. The molecule has 100 valence electrons. The first-order valence-corrected chi connectivity index (χ1v) is 6.25. The summed E-state index contributed by atoms with van der Waals surface area (Å²) in [5.41, 5.74) is 7.24. The smallest absolute Gasteiger partial charge is 0.221 e. The molecule has 0 spiro atoms. The first-order chi connectivity index (χ1) is 8.28. The third-order valence-electron chi connectivity index (χ3n) is 2.38. The summed E-state index contributed by atoms with van der Waals surface area (Å²) in [4.78, 5) is 10.9. The molecule has 0 saturated heterocycles. The number of hydrogen-bond acceptors (Lipinski definition) is 3. The van der Waals surface area contributed by atoms with E-state index in [-0.39, 0.29) is 11.4 Å². The maximum absolute atomic E-state index is 10.9. The van der Waals surface area contributed by atoms with Crippen LogP contribution in [0.3, 0.4) is 0 Å². The number of carbonyl (C=O) groups excluding carboxylic acids is 1. The molecule has 0 saturated carbocycles. The van der Waals surface area contributed by atoms with E-state index in [0.717, 1.165) is 18.7 Å². The zero-order valence-electron chi connectivity index (χ0n) is 11.0. The van der Waals surface area contributed by atoms with Crippen LogP contribution in [0.25, 0.3) is 0 Å². The van der Waals surface area contributed by atoms with Crippen LogP contribution in [-0.4, -0.2) is 18.0 Å². The molecule has 0 atom stereocenters. The molecule has 0 fully saturated rings. The third-order valence-corrected chi connectivity index (χ3v) is 2.69. The molecule has 0 bridgehead atoms. The first kappa shape index (κ1) is 14.8. The zero-order chi connectivity index (χ0) is 13.8. The van der Waals surface area contributed by atoms with Crippen molar-refractivity contribution in [3.8, 4) is 0 Å². The summed E-state index contributed by atoms with van der Waals surface area (Å²) in [6.45, 7) is 6.20. The lowest BCUT2D eigenvalue weighted by Gasteiger charge is -2.19. The van der Waals surface area contributed by atoms with Crippen LogP contribution in [0.15, 0.2) is 18.2 Å². The van der Waals surface area contributed by atoms with Crippen LogP contribution < -0.4 is 16.4 Å². The summed E-state index contributed by atoms with van der Waals surface area (Å²) in [5, 5.41) is 6.42.